The molecule has 3 rings (SSSR count). The van der Waals surface area contributed by atoms with Gasteiger partial charge in [-0.1, -0.05) is 87.8 Å². The summed E-state index contributed by atoms with van der Waals surface area (Å²) in [4.78, 5) is 0. The van der Waals surface area contributed by atoms with Crippen molar-refractivity contribution in [2.75, 3.05) is 0 Å². The minimum absolute atomic E-state index is 0. The topological polar surface area (TPSA) is 0 Å². The third-order valence-electron chi connectivity index (χ3n) is 4.69. The molecule has 0 aliphatic heterocycles. The maximum atomic E-state index is 2.60. The molecule has 0 amide bonds. The largest absolute Gasteiger partial charge is 0.0817 e. The highest BCUT2D eigenvalue weighted by Gasteiger charge is 2.45. The van der Waals surface area contributed by atoms with Crippen LogP contribution in [0, 0.1) is 10.8 Å². The van der Waals surface area contributed by atoms with E-state index in [9.17, 15) is 0 Å². The molecule has 0 radical (unpaired) electrons. The summed E-state index contributed by atoms with van der Waals surface area (Å²) in [6.45, 7) is 8.00. The van der Waals surface area contributed by atoms with Crippen molar-refractivity contribution in [3.63, 3.8) is 0 Å². The fraction of sp³-hybridized carbons (Fsp3) is 0.900. The summed E-state index contributed by atoms with van der Waals surface area (Å²) in [6.07, 6.45) is 18.6. The van der Waals surface area contributed by atoms with Crippen LogP contribution < -0.4 is 0 Å². The van der Waals surface area contributed by atoms with Crippen molar-refractivity contribution in [2.24, 2.45) is 10.8 Å². The molecule has 2 saturated carbocycles. The Morgan fingerprint density at radius 1 is 0.550 bits per heavy atom. The summed E-state index contributed by atoms with van der Waals surface area (Å²) >= 11 is 0. The van der Waals surface area contributed by atoms with Gasteiger partial charge in [-0.3, -0.25) is 0 Å². The number of rotatable bonds is 0. The molecule has 0 unspecified atom stereocenters. The zero-order valence-electron chi connectivity index (χ0n) is 12.5. The minimum Gasteiger partial charge on any atom is -0.0817 e. The van der Waals surface area contributed by atoms with E-state index in [-0.39, 0.29) is 22.3 Å². The van der Waals surface area contributed by atoms with Crippen LogP contribution in [0.3, 0.4) is 0 Å². The second-order valence-electron chi connectivity index (χ2n) is 5.65. The molecule has 0 atom stereocenters. The smallest absolute Gasteiger partial charge is 0.0110 e. The van der Waals surface area contributed by atoms with E-state index in [0.29, 0.717) is 10.8 Å². The molecule has 0 N–H and O–H groups in total. The molecule has 2 spiro atoms. The molecule has 0 aromatic carbocycles. The predicted molar refractivity (Wildman–Crippen MR) is 98.4 cm³/mol. The van der Waals surface area contributed by atoms with Gasteiger partial charge in [0, 0.05) is 0 Å². The van der Waals surface area contributed by atoms with Crippen LogP contribution in [-0.4, -0.2) is 0 Å². The number of hydrogen-bond acceptors (Lipinski definition) is 0. The summed E-state index contributed by atoms with van der Waals surface area (Å²) in [5.41, 5.74) is 1.37. The second kappa shape index (κ2) is 11.4. The van der Waals surface area contributed by atoms with Crippen molar-refractivity contribution in [1.29, 1.82) is 0 Å². The van der Waals surface area contributed by atoms with Crippen LogP contribution in [0.25, 0.3) is 0 Å². The lowest BCUT2D eigenvalue weighted by atomic mass is 9.76. The van der Waals surface area contributed by atoms with Gasteiger partial charge in [-0.25, -0.2) is 0 Å². The molecule has 0 heterocycles. The van der Waals surface area contributed by atoms with Crippen LogP contribution in [0.4, 0.5) is 0 Å². The molecule has 0 bridgehead atoms. The highest BCUT2D eigenvalue weighted by atomic mass is 14.5. The number of hydrogen-bond donors (Lipinski definition) is 0. The van der Waals surface area contributed by atoms with Gasteiger partial charge < -0.3 is 0 Å². The summed E-state index contributed by atoms with van der Waals surface area (Å²) in [7, 11) is 0. The quantitative estimate of drug-likeness (QED) is 0.395. The Balaban J connectivity index is -0.000000383. The van der Waals surface area contributed by atoms with Crippen LogP contribution in [0.5, 0.6) is 0 Å². The van der Waals surface area contributed by atoms with Gasteiger partial charge in [-0.2, -0.15) is 0 Å². The van der Waals surface area contributed by atoms with Crippen molar-refractivity contribution in [1.82, 2.24) is 0 Å². The fourth-order valence-electron chi connectivity index (χ4n) is 4.02. The SMILES string of the molecule is C.C.C.C1=CC2(CCCC2)CC12CCCC2.CC.CC. The molecule has 124 valence electrons. The second-order valence-corrected chi connectivity index (χ2v) is 5.65. The first-order chi connectivity index (χ1) is 8.33. The fourth-order valence-corrected chi connectivity index (χ4v) is 4.02. The molecule has 0 aromatic rings. The van der Waals surface area contributed by atoms with E-state index < -0.39 is 0 Å². The lowest BCUT2D eigenvalue weighted by Gasteiger charge is -2.28. The van der Waals surface area contributed by atoms with Crippen molar-refractivity contribution in [3.8, 4) is 0 Å². The lowest BCUT2D eigenvalue weighted by molar-refractivity contribution is 0.259. The normalized spacial score (nSPS) is 22.6. The van der Waals surface area contributed by atoms with Crippen molar-refractivity contribution < 1.29 is 0 Å². The van der Waals surface area contributed by atoms with Gasteiger partial charge in [-0.15, -0.1) is 0 Å². The lowest BCUT2D eigenvalue weighted by Crippen LogP contribution is -2.18. The molecule has 0 nitrogen and oxygen atoms in total. The van der Waals surface area contributed by atoms with Crippen LogP contribution >= 0.6 is 0 Å². The van der Waals surface area contributed by atoms with Gasteiger partial charge in [0.1, 0.15) is 0 Å². The monoisotopic (exact) mass is 284 g/mol. The van der Waals surface area contributed by atoms with Crippen LogP contribution in [0.1, 0.15) is 108 Å². The van der Waals surface area contributed by atoms with E-state index in [1.54, 1.807) is 0 Å². The molecule has 3 aliphatic rings. The van der Waals surface area contributed by atoms with Crippen molar-refractivity contribution in [3.05, 3.63) is 12.2 Å². The average Bonchev–Trinajstić information content (AvgIpc) is 3.11. The molecular weight excluding hydrogens is 240 g/mol. The summed E-state index contributed by atoms with van der Waals surface area (Å²) < 4.78 is 0. The van der Waals surface area contributed by atoms with Crippen LogP contribution in [0.15, 0.2) is 12.2 Å². The van der Waals surface area contributed by atoms with Crippen LogP contribution in [0.2, 0.25) is 0 Å². The van der Waals surface area contributed by atoms with Gasteiger partial charge in [0.25, 0.3) is 0 Å². The molecule has 20 heavy (non-hydrogen) atoms. The van der Waals surface area contributed by atoms with Crippen molar-refractivity contribution in [2.45, 2.75) is 108 Å². The minimum atomic E-state index is 0. The van der Waals surface area contributed by atoms with E-state index in [1.165, 1.54) is 57.8 Å². The average molecular weight is 285 g/mol. The van der Waals surface area contributed by atoms with Gasteiger partial charge in [0.05, 0.1) is 0 Å². The zero-order chi connectivity index (χ0) is 12.8. The van der Waals surface area contributed by atoms with E-state index >= 15 is 0 Å². The third kappa shape index (κ3) is 5.26. The maximum absolute atomic E-state index is 2.60. The van der Waals surface area contributed by atoms with E-state index in [2.05, 4.69) is 12.2 Å². The van der Waals surface area contributed by atoms with Gasteiger partial charge in [0.2, 0.25) is 0 Å². The van der Waals surface area contributed by atoms with Crippen LogP contribution in [-0.2, 0) is 0 Å². The van der Waals surface area contributed by atoms with Gasteiger partial charge in [0.15, 0.2) is 0 Å². The highest BCUT2D eigenvalue weighted by molar-refractivity contribution is 5.19. The first kappa shape index (κ1) is 24.7. The van der Waals surface area contributed by atoms with Crippen molar-refractivity contribution >= 4 is 0 Å². The Kier molecular flexibility index (Phi) is 14.1. The number of allylic oxidation sites excluding steroid dienone is 2. The van der Waals surface area contributed by atoms with Gasteiger partial charge in [-0.05, 0) is 42.9 Å². The van der Waals surface area contributed by atoms with E-state index in [1.807, 2.05) is 27.7 Å². The zero-order valence-corrected chi connectivity index (χ0v) is 12.5. The summed E-state index contributed by atoms with van der Waals surface area (Å²) in [6, 6.07) is 0. The molecule has 3 aliphatic carbocycles. The Bertz CT molecular complexity index is 200. The summed E-state index contributed by atoms with van der Waals surface area (Å²) in [5.74, 6) is 0. The Labute approximate surface area is 131 Å². The van der Waals surface area contributed by atoms with E-state index in [4.69, 9.17) is 0 Å². The highest BCUT2D eigenvalue weighted by Crippen LogP contribution is 2.58. The molecule has 0 aromatic heterocycles. The maximum Gasteiger partial charge on any atom is -0.0110 e. The molecule has 2 fully saturated rings. The first-order valence-corrected chi connectivity index (χ1v) is 8.03. The first-order valence-electron chi connectivity index (χ1n) is 8.03. The molecular formula is C20H44. The Hall–Kier alpha value is -0.260. The van der Waals surface area contributed by atoms with E-state index in [0.717, 1.165) is 0 Å². The molecule has 0 heteroatoms. The standard InChI is InChI=1S/C13H20.2C2H6.3CH4/c1-2-6-12(5-1)9-10-13(11-12)7-3-4-8-13;2*1-2;;;/h9-10H,1-8,11H2;2*1-2H3;3*1H4. The third-order valence-corrected chi connectivity index (χ3v) is 4.69. The Morgan fingerprint density at radius 2 is 0.800 bits per heavy atom. The predicted octanol–water partition coefficient (Wildman–Crippen LogP) is 8.03. The Morgan fingerprint density at radius 3 is 1.05 bits per heavy atom. The summed E-state index contributed by atoms with van der Waals surface area (Å²) in [5, 5.41) is 0. The molecule has 0 saturated heterocycles. The van der Waals surface area contributed by atoms with Gasteiger partial charge >= 0.3 is 0 Å².